The van der Waals surface area contributed by atoms with Crippen LogP contribution in [-0.2, 0) is 0 Å². The van der Waals surface area contributed by atoms with E-state index >= 15 is 0 Å². The zero-order chi connectivity index (χ0) is 11.4. The first-order valence-electron chi connectivity index (χ1n) is 5.77. The number of hydrogen-bond donors (Lipinski definition) is 2. The van der Waals surface area contributed by atoms with Crippen molar-refractivity contribution < 1.29 is 4.79 Å². The van der Waals surface area contributed by atoms with Crippen LogP contribution >= 0.6 is 0 Å². The Labute approximate surface area is 91.5 Å². The quantitative estimate of drug-likeness (QED) is 0.719. The third-order valence-electron chi connectivity index (χ3n) is 2.88. The Morgan fingerprint density at radius 1 is 1.47 bits per heavy atom. The van der Waals surface area contributed by atoms with E-state index in [9.17, 15) is 4.79 Å². The molecule has 0 radical (unpaired) electrons. The maximum absolute atomic E-state index is 11.6. The van der Waals surface area contributed by atoms with Crippen molar-refractivity contribution >= 4 is 11.9 Å². The summed E-state index contributed by atoms with van der Waals surface area (Å²) >= 11 is 0. The number of nitrogens with zero attached hydrogens (tertiary/aromatic N) is 1. The highest BCUT2D eigenvalue weighted by molar-refractivity contribution is 6.05. The first kappa shape index (κ1) is 12.0. The van der Waals surface area contributed by atoms with Gasteiger partial charge in [0.25, 0.3) is 0 Å². The molecule has 1 aliphatic rings. The topological polar surface area (TPSA) is 56.2 Å². The van der Waals surface area contributed by atoms with Crippen molar-refractivity contribution in [3.8, 4) is 0 Å². The van der Waals surface area contributed by atoms with Crippen molar-refractivity contribution in [3.05, 3.63) is 0 Å². The van der Waals surface area contributed by atoms with Crippen molar-refractivity contribution in [2.75, 3.05) is 6.54 Å². The molecule has 0 aliphatic carbocycles. The maximum atomic E-state index is 11.6. The molecule has 0 aromatic carbocycles. The molecule has 1 fully saturated rings. The van der Waals surface area contributed by atoms with Crippen LogP contribution in [0.4, 0.5) is 4.79 Å². The average molecular weight is 211 g/mol. The van der Waals surface area contributed by atoms with E-state index in [1.54, 1.807) is 4.90 Å². The molecule has 1 rings (SSSR count). The van der Waals surface area contributed by atoms with Crippen LogP contribution in [0.1, 0.15) is 40.0 Å². The molecule has 4 nitrogen and oxygen atoms in total. The summed E-state index contributed by atoms with van der Waals surface area (Å²) < 4.78 is 0. The average Bonchev–Trinajstić information content (AvgIpc) is 2.43. The zero-order valence-electron chi connectivity index (χ0n) is 9.84. The van der Waals surface area contributed by atoms with Gasteiger partial charge in [-0.1, -0.05) is 27.2 Å². The van der Waals surface area contributed by atoms with Crippen LogP contribution in [0.15, 0.2) is 0 Å². The summed E-state index contributed by atoms with van der Waals surface area (Å²) in [4.78, 5) is 13.4. The van der Waals surface area contributed by atoms with Crippen LogP contribution in [0.3, 0.4) is 0 Å². The number of amides is 2. The fraction of sp³-hybridized carbons (Fsp3) is 0.818. The van der Waals surface area contributed by atoms with E-state index in [1.807, 2.05) is 0 Å². The van der Waals surface area contributed by atoms with Crippen molar-refractivity contribution in [1.82, 2.24) is 10.2 Å². The Bertz CT molecular complexity index is 252. The molecule has 2 N–H and O–H groups in total. The number of carbonyl (C=O) groups excluding carboxylic acids is 1. The van der Waals surface area contributed by atoms with E-state index in [0.717, 1.165) is 25.8 Å². The van der Waals surface area contributed by atoms with Gasteiger partial charge in [0.15, 0.2) is 0 Å². The summed E-state index contributed by atoms with van der Waals surface area (Å²) in [6.07, 6.45) is 3.09. The Kier molecular flexibility index (Phi) is 4.12. The van der Waals surface area contributed by atoms with E-state index in [2.05, 4.69) is 26.1 Å². The van der Waals surface area contributed by atoms with Gasteiger partial charge >= 0.3 is 6.03 Å². The van der Waals surface area contributed by atoms with Gasteiger partial charge in [-0.2, -0.15) is 0 Å². The van der Waals surface area contributed by atoms with Crippen LogP contribution in [0.25, 0.3) is 0 Å². The van der Waals surface area contributed by atoms with Crippen LogP contribution in [-0.4, -0.2) is 29.4 Å². The smallest absolute Gasteiger partial charge is 0.314 e. The molecule has 0 aromatic heterocycles. The second kappa shape index (κ2) is 5.14. The molecule has 0 saturated carbocycles. The van der Waals surface area contributed by atoms with Crippen molar-refractivity contribution in [2.45, 2.75) is 46.1 Å². The summed E-state index contributed by atoms with van der Waals surface area (Å²) in [6.45, 7) is 7.05. The second-order valence-corrected chi connectivity index (χ2v) is 4.25. The Morgan fingerprint density at radius 2 is 2.13 bits per heavy atom. The molecule has 15 heavy (non-hydrogen) atoms. The number of carbonyl (C=O) groups is 1. The molecule has 0 spiro atoms. The van der Waals surface area contributed by atoms with E-state index in [4.69, 9.17) is 5.41 Å². The predicted octanol–water partition coefficient (Wildman–Crippen LogP) is 2.20. The summed E-state index contributed by atoms with van der Waals surface area (Å²) in [5.74, 6) is 0.738. The van der Waals surface area contributed by atoms with Gasteiger partial charge in [0.05, 0.1) is 6.04 Å². The predicted molar refractivity (Wildman–Crippen MR) is 61.1 cm³/mol. The third kappa shape index (κ3) is 2.49. The molecule has 1 aliphatic heterocycles. The normalized spacial score (nSPS) is 23.1. The molecule has 4 heteroatoms. The fourth-order valence-electron chi connectivity index (χ4n) is 2.23. The minimum atomic E-state index is -0.102. The lowest BCUT2D eigenvalue weighted by Crippen LogP contribution is -2.40. The van der Waals surface area contributed by atoms with Crippen molar-refractivity contribution in [1.29, 1.82) is 5.41 Å². The SMILES string of the molecule is CCCC(C)C1C(=N)NC(=O)N1CCC. The van der Waals surface area contributed by atoms with Crippen molar-refractivity contribution in [2.24, 2.45) is 5.92 Å². The minimum absolute atomic E-state index is 0.0302. The monoisotopic (exact) mass is 211 g/mol. The number of rotatable bonds is 5. The van der Waals surface area contributed by atoms with Gasteiger partial charge in [0, 0.05) is 6.54 Å². The van der Waals surface area contributed by atoms with Gasteiger partial charge in [-0.05, 0) is 18.8 Å². The molecule has 1 saturated heterocycles. The summed E-state index contributed by atoms with van der Waals surface area (Å²) in [5, 5.41) is 10.4. The lowest BCUT2D eigenvalue weighted by atomic mass is 9.95. The minimum Gasteiger partial charge on any atom is -0.314 e. The Balaban J connectivity index is 2.73. The second-order valence-electron chi connectivity index (χ2n) is 4.25. The summed E-state index contributed by atoms with van der Waals surface area (Å²) in [7, 11) is 0. The molecule has 0 aromatic rings. The first-order valence-corrected chi connectivity index (χ1v) is 5.77. The lowest BCUT2D eigenvalue weighted by molar-refractivity contribution is 0.191. The Morgan fingerprint density at radius 3 is 2.67 bits per heavy atom. The van der Waals surface area contributed by atoms with Gasteiger partial charge in [-0.25, -0.2) is 4.79 Å². The van der Waals surface area contributed by atoms with E-state index in [-0.39, 0.29) is 12.1 Å². The van der Waals surface area contributed by atoms with Crippen LogP contribution in [0.2, 0.25) is 0 Å². The number of hydrogen-bond acceptors (Lipinski definition) is 2. The zero-order valence-corrected chi connectivity index (χ0v) is 9.84. The summed E-state index contributed by atoms with van der Waals surface area (Å²) in [6, 6.07) is -0.132. The molecule has 86 valence electrons. The highest BCUT2D eigenvalue weighted by Crippen LogP contribution is 2.21. The first-order chi connectivity index (χ1) is 7.11. The highest BCUT2D eigenvalue weighted by atomic mass is 16.2. The number of nitrogens with one attached hydrogen (secondary N) is 2. The summed E-state index contributed by atoms with van der Waals surface area (Å²) in [5.41, 5.74) is 0. The van der Waals surface area contributed by atoms with Gasteiger partial charge in [-0.3, -0.25) is 10.7 Å². The number of urea groups is 1. The molecule has 0 bridgehead atoms. The molecular formula is C11H21N3O. The van der Waals surface area contributed by atoms with E-state index < -0.39 is 0 Å². The lowest BCUT2D eigenvalue weighted by Gasteiger charge is -2.27. The molecule has 2 amide bonds. The van der Waals surface area contributed by atoms with Crippen LogP contribution in [0.5, 0.6) is 0 Å². The van der Waals surface area contributed by atoms with Gasteiger partial charge in [-0.15, -0.1) is 0 Å². The third-order valence-corrected chi connectivity index (χ3v) is 2.88. The van der Waals surface area contributed by atoms with Gasteiger partial charge < -0.3 is 4.90 Å². The molecule has 1 heterocycles. The molecule has 2 atom stereocenters. The van der Waals surface area contributed by atoms with Crippen LogP contribution < -0.4 is 5.32 Å². The van der Waals surface area contributed by atoms with Gasteiger partial charge in [0.2, 0.25) is 0 Å². The van der Waals surface area contributed by atoms with Gasteiger partial charge in [0.1, 0.15) is 5.84 Å². The van der Waals surface area contributed by atoms with Crippen molar-refractivity contribution in [3.63, 3.8) is 0 Å². The fourth-order valence-corrected chi connectivity index (χ4v) is 2.23. The van der Waals surface area contributed by atoms with E-state index in [0.29, 0.717) is 11.8 Å². The Hall–Kier alpha value is -1.06. The number of amidine groups is 1. The molecular weight excluding hydrogens is 190 g/mol. The standard InChI is InChI=1S/C11H21N3O/c1-4-6-8(3)9-10(12)13-11(15)14(9)7-5-2/h8-9H,4-7H2,1-3H3,(H2,12,13,15). The molecule has 2 unspecified atom stereocenters. The van der Waals surface area contributed by atoms with E-state index in [1.165, 1.54) is 0 Å². The van der Waals surface area contributed by atoms with Crippen LogP contribution in [0, 0.1) is 11.3 Å². The maximum Gasteiger partial charge on any atom is 0.323 e. The highest BCUT2D eigenvalue weighted by Gasteiger charge is 2.37. The largest absolute Gasteiger partial charge is 0.323 e.